The minimum Gasteiger partial charge on any atom is -0.494 e. The lowest BCUT2D eigenvalue weighted by molar-refractivity contribution is 0.316. The van der Waals surface area contributed by atoms with Crippen LogP contribution in [0.2, 0.25) is 0 Å². The van der Waals surface area contributed by atoms with E-state index in [0.29, 0.717) is 23.5 Å². The molecule has 5 heteroatoms. The molecule has 0 amide bonds. The highest BCUT2D eigenvalue weighted by Gasteiger charge is 2.18. The number of hydrogen-bond acceptors (Lipinski definition) is 3. The third-order valence-electron chi connectivity index (χ3n) is 6.49. The minimum absolute atomic E-state index is 0. The summed E-state index contributed by atoms with van der Waals surface area (Å²) in [5.74, 6) is 1.81. The molecular formula is C35H60O4S. The van der Waals surface area contributed by atoms with Crippen molar-refractivity contribution >= 4 is 10.1 Å². The van der Waals surface area contributed by atoms with Gasteiger partial charge < -0.3 is 4.74 Å². The number of rotatable bonds is 13. The first-order chi connectivity index (χ1) is 16.3. The maximum atomic E-state index is 10.9. The van der Waals surface area contributed by atoms with Crippen LogP contribution < -0.4 is 4.74 Å². The van der Waals surface area contributed by atoms with Crippen molar-refractivity contribution in [2.24, 2.45) is 0 Å². The molecule has 3 aromatic carbocycles. The summed E-state index contributed by atoms with van der Waals surface area (Å²) in [6.07, 6.45) is 3.54. The molecule has 0 heterocycles. The lowest BCUT2D eigenvalue weighted by atomic mass is 9.81. The highest BCUT2D eigenvalue weighted by molar-refractivity contribution is 7.85. The maximum absolute atomic E-state index is 10.9. The van der Waals surface area contributed by atoms with Crippen LogP contribution in [-0.2, 0) is 10.1 Å². The van der Waals surface area contributed by atoms with Crippen molar-refractivity contribution in [2.45, 2.75) is 102 Å². The van der Waals surface area contributed by atoms with Crippen LogP contribution >= 0.6 is 0 Å². The van der Waals surface area contributed by atoms with Crippen molar-refractivity contribution in [3.05, 3.63) is 102 Å². The molecule has 3 atom stereocenters. The van der Waals surface area contributed by atoms with Gasteiger partial charge in [-0.25, -0.2) is 0 Å². The summed E-state index contributed by atoms with van der Waals surface area (Å²) in [5.41, 5.74) is 4.04. The Morgan fingerprint density at radius 3 is 1.60 bits per heavy atom. The van der Waals surface area contributed by atoms with E-state index >= 15 is 0 Å². The van der Waals surface area contributed by atoms with Gasteiger partial charge >= 0.3 is 0 Å². The van der Waals surface area contributed by atoms with Gasteiger partial charge in [0.25, 0.3) is 10.1 Å². The molecule has 0 radical (unpaired) electrons. The molecule has 4 nitrogen and oxygen atoms in total. The fourth-order valence-corrected chi connectivity index (χ4v) is 4.91. The molecule has 0 saturated carbocycles. The van der Waals surface area contributed by atoms with E-state index in [-0.39, 0.29) is 63.3 Å². The summed E-state index contributed by atoms with van der Waals surface area (Å²) in [6.45, 7) is 4.86. The van der Waals surface area contributed by atoms with Crippen LogP contribution in [0.25, 0.3) is 0 Å². The van der Waals surface area contributed by atoms with E-state index in [1.807, 2.05) is 12.1 Å². The smallest absolute Gasteiger partial charge is 0.264 e. The van der Waals surface area contributed by atoms with Gasteiger partial charge in [0, 0.05) is 0 Å². The molecule has 0 saturated heterocycles. The van der Waals surface area contributed by atoms with Gasteiger partial charge in [-0.2, -0.15) is 8.42 Å². The molecule has 0 aliphatic rings. The monoisotopic (exact) mass is 576 g/mol. The predicted molar refractivity (Wildman–Crippen MR) is 180 cm³/mol. The minimum atomic E-state index is -3.94. The molecule has 0 bridgehead atoms. The summed E-state index contributed by atoms with van der Waals surface area (Å²) in [5, 5.41) is 0. The second-order valence-electron chi connectivity index (χ2n) is 9.19. The van der Waals surface area contributed by atoms with Crippen LogP contribution in [0.5, 0.6) is 5.75 Å². The van der Waals surface area contributed by atoms with E-state index in [4.69, 9.17) is 9.29 Å². The van der Waals surface area contributed by atoms with Crippen LogP contribution in [0.1, 0.15) is 119 Å². The third-order valence-corrected chi connectivity index (χ3v) is 7.29. The molecular weight excluding hydrogens is 516 g/mol. The molecule has 230 valence electrons. The summed E-state index contributed by atoms with van der Waals surface area (Å²) in [7, 11) is -3.94. The highest BCUT2D eigenvalue weighted by Crippen LogP contribution is 2.36. The Kier molecular flexibility index (Phi) is 24.5. The Morgan fingerprint density at radius 1 is 0.650 bits per heavy atom. The second-order valence-corrected chi connectivity index (χ2v) is 10.8. The van der Waals surface area contributed by atoms with Crippen molar-refractivity contribution in [3.8, 4) is 5.75 Å². The van der Waals surface area contributed by atoms with Crippen molar-refractivity contribution in [3.63, 3.8) is 0 Å². The maximum Gasteiger partial charge on any atom is 0.264 e. The molecule has 0 aliphatic carbocycles. The summed E-state index contributed by atoms with van der Waals surface area (Å²) in [6, 6.07) is 29.6. The second kappa shape index (κ2) is 22.1. The van der Waals surface area contributed by atoms with Gasteiger partial charge in [-0.1, -0.05) is 131 Å². The van der Waals surface area contributed by atoms with E-state index in [1.54, 1.807) is 0 Å². The number of benzene rings is 3. The topological polar surface area (TPSA) is 63.6 Å². The van der Waals surface area contributed by atoms with Crippen molar-refractivity contribution in [2.75, 3.05) is 12.4 Å². The van der Waals surface area contributed by atoms with Gasteiger partial charge in [-0.05, 0) is 72.3 Å². The van der Waals surface area contributed by atoms with Gasteiger partial charge in [-0.3, -0.25) is 4.55 Å². The Balaban J connectivity index is -0.00000108. The fraction of sp³-hybridized carbons (Fsp3) is 0.486. The first-order valence-electron chi connectivity index (χ1n) is 12.1. The largest absolute Gasteiger partial charge is 0.494 e. The molecule has 0 spiro atoms. The zero-order valence-corrected chi connectivity index (χ0v) is 21.0. The van der Waals surface area contributed by atoms with Gasteiger partial charge in [0.05, 0.1) is 12.4 Å². The average molecular weight is 577 g/mol. The molecule has 0 fully saturated rings. The van der Waals surface area contributed by atoms with Crippen LogP contribution in [0.3, 0.4) is 0 Å². The molecule has 3 aromatic rings. The molecule has 3 unspecified atom stereocenters. The zero-order valence-electron chi connectivity index (χ0n) is 20.1. The van der Waals surface area contributed by atoms with E-state index < -0.39 is 10.1 Å². The average Bonchev–Trinajstić information content (AvgIpc) is 2.85. The molecule has 0 aliphatic heterocycles. The van der Waals surface area contributed by atoms with E-state index in [2.05, 4.69) is 86.6 Å². The first kappa shape index (κ1) is 44.4. The number of ether oxygens (including phenoxy) is 1. The Bertz CT molecular complexity index is 1080. The van der Waals surface area contributed by atoms with Crippen LogP contribution in [0, 0.1) is 0 Å². The van der Waals surface area contributed by atoms with Crippen molar-refractivity contribution < 1.29 is 17.7 Å². The van der Waals surface area contributed by atoms with Gasteiger partial charge in [-0.15, -0.1) is 0 Å². The Morgan fingerprint density at radius 2 is 1.12 bits per heavy atom. The van der Waals surface area contributed by atoms with Crippen molar-refractivity contribution in [1.82, 2.24) is 0 Å². The summed E-state index contributed by atoms with van der Waals surface area (Å²) >= 11 is 0. The van der Waals surface area contributed by atoms with E-state index in [9.17, 15) is 8.42 Å². The zero-order chi connectivity index (χ0) is 24.4. The number of hydrogen-bond donors (Lipinski definition) is 1. The van der Waals surface area contributed by atoms with E-state index in [0.717, 1.165) is 19.3 Å². The lowest BCUT2D eigenvalue weighted by Gasteiger charge is -2.24. The predicted octanol–water partition coefficient (Wildman–Crippen LogP) is 11.0. The molecule has 3 rings (SSSR count). The molecule has 40 heavy (non-hydrogen) atoms. The van der Waals surface area contributed by atoms with Crippen LogP contribution in [-0.4, -0.2) is 25.3 Å². The standard InChI is InChI=1S/C29H36O4S.6CH4/c1-23(25-10-5-3-6-11-25)14-15-28(22-24(2)26-12-7-4-8-13-26)27-16-18-29(19-17-27)33-20-9-21-34(30,31)32;;;;;;/h3-8,10-13,16-19,23-24,28H,9,14-15,20-22H2,1-2H3,(H,30,31,32);6*1H4. The molecule has 1 N–H and O–H groups in total. The first-order valence-corrected chi connectivity index (χ1v) is 13.7. The Hall–Kier alpha value is -2.63. The van der Waals surface area contributed by atoms with Crippen LogP contribution in [0.4, 0.5) is 0 Å². The molecule has 0 aromatic heterocycles. The van der Waals surface area contributed by atoms with Gasteiger partial charge in [0.15, 0.2) is 0 Å². The summed E-state index contributed by atoms with van der Waals surface area (Å²) < 4.78 is 36.2. The Labute approximate surface area is 249 Å². The third kappa shape index (κ3) is 15.2. The summed E-state index contributed by atoms with van der Waals surface area (Å²) in [4.78, 5) is 0. The van der Waals surface area contributed by atoms with E-state index in [1.165, 1.54) is 16.7 Å². The van der Waals surface area contributed by atoms with Crippen LogP contribution in [0.15, 0.2) is 84.9 Å². The lowest BCUT2D eigenvalue weighted by Crippen LogP contribution is -2.09. The van der Waals surface area contributed by atoms with Gasteiger partial charge in [0.2, 0.25) is 0 Å². The van der Waals surface area contributed by atoms with Gasteiger partial charge in [0.1, 0.15) is 5.75 Å². The SMILES string of the molecule is C.C.C.C.C.C.CC(CCC(CC(C)c1ccccc1)c1ccc(OCCCS(=O)(=O)O)cc1)c1ccccc1. The fourth-order valence-electron chi connectivity index (χ4n) is 4.43. The van der Waals surface area contributed by atoms with Crippen molar-refractivity contribution in [1.29, 1.82) is 0 Å². The quantitative estimate of drug-likeness (QED) is 0.162. The normalized spacial score (nSPS) is 12.2. The highest BCUT2D eigenvalue weighted by atomic mass is 32.2.